The first-order valence-electron chi connectivity index (χ1n) is 9.85. The standard InChI is InChI=1S/C21H24N4O3S2/c1-13-5-4-6-17(11-13)30(27,28)24-20(26)16-7-9-25(10-8-16)19-18-14(2)15(3)29-21(18)23-12-22-19/h4-6,11-12,16H,7-10H2,1-3H3,(H,24,26). The minimum absolute atomic E-state index is 0.111. The van der Waals surface area contributed by atoms with Gasteiger partial charge in [0.1, 0.15) is 17.0 Å². The molecule has 4 rings (SSSR count). The van der Waals surface area contributed by atoms with Gasteiger partial charge in [0.05, 0.1) is 10.3 Å². The normalized spacial score (nSPS) is 15.5. The fraction of sp³-hybridized carbons (Fsp3) is 0.381. The maximum Gasteiger partial charge on any atom is 0.264 e. The third-order valence-corrected chi connectivity index (χ3v) is 8.11. The van der Waals surface area contributed by atoms with Crippen LogP contribution in [0.2, 0.25) is 0 Å². The van der Waals surface area contributed by atoms with Crippen molar-refractivity contribution in [2.24, 2.45) is 5.92 Å². The molecule has 1 aromatic carbocycles. The number of sulfonamides is 1. The molecule has 3 aromatic rings. The summed E-state index contributed by atoms with van der Waals surface area (Å²) in [4.78, 5) is 26.0. The predicted octanol–water partition coefficient (Wildman–Crippen LogP) is 3.34. The lowest BCUT2D eigenvalue weighted by Gasteiger charge is -2.32. The summed E-state index contributed by atoms with van der Waals surface area (Å²) < 4.78 is 27.4. The van der Waals surface area contributed by atoms with Crippen molar-refractivity contribution >= 4 is 43.3 Å². The number of aromatic nitrogens is 2. The molecule has 0 spiro atoms. The molecule has 1 aliphatic rings. The third-order valence-electron chi connectivity index (χ3n) is 5.65. The van der Waals surface area contributed by atoms with E-state index in [0.717, 1.165) is 21.6 Å². The van der Waals surface area contributed by atoms with Crippen molar-refractivity contribution in [3.63, 3.8) is 0 Å². The first-order valence-corrected chi connectivity index (χ1v) is 12.1. The number of rotatable bonds is 4. The number of nitrogens with one attached hydrogen (secondary N) is 1. The lowest BCUT2D eigenvalue weighted by atomic mass is 9.96. The molecule has 9 heteroatoms. The molecule has 0 radical (unpaired) electrons. The number of hydrogen-bond acceptors (Lipinski definition) is 7. The summed E-state index contributed by atoms with van der Waals surface area (Å²) in [5.41, 5.74) is 2.02. The van der Waals surface area contributed by atoms with Gasteiger partial charge in [-0.15, -0.1) is 11.3 Å². The van der Waals surface area contributed by atoms with Gasteiger partial charge in [-0.2, -0.15) is 0 Å². The minimum Gasteiger partial charge on any atom is -0.356 e. The number of piperidine rings is 1. The number of benzene rings is 1. The maximum atomic E-state index is 12.7. The summed E-state index contributed by atoms with van der Waals surface area (Å²) in [5, 5.41) is 1.07. The van der Waals surface area contributed by atoms with Crippen LogP contribution in [0.4, 0.5) is 5.82 Å². The monoisotopic (exact) mass is 444 g/mol. The van der Waals surface area contributed by atoms with E-state index in [4.69, 9.17) is 0 Å². The Morgan fingerprint density at radius 1 is 1.17 bits per heavy atom. The zero-order chi connectivity index (χ0) is 21.5. The van der Waals surface area contributed by atoms with Gasteiger partial charge in [-0.25, -0.2) is 23.1 Å². The molecule has 1 fully saturated rings. The van der Waals surface area contributed by atoms with Crippen LogP contribution in [0, 0.1) is 26.7 Å². The second-order valence-electron chi connectivity index (χ2n) is 7.71. The van der Waals surface area contributed by atoms with Crippen LogP contribution < -0.4 is 9.62 Å². The number of aryl methyl sites for hydroxylation is 3. The molecular weight excluding hydrogens is 420 g/mol. The number of carbonyl (C=O) groups is 1. The van der Waals surface area contributed by atoms with Gasteiger partial charge in [0.15, 0.2) is 0 Å². The fourth-order valence-electron chi connectivity index (χ4n) is 3.81. The van der Waals surface area contributed by atoms with Crippen LogP contribution in [0.25, 0.3) is 10.2 Å². The summed E-state index contributed by atoms with van der Waals surface area (Å²) in [6, 6.07) is 6.54. The second-order valence-corrected chi connectivity index (χ2v) is 10.6. The molecule has 1 saturated heterocycles. The van der Waals surface area contributed by atoms with Crippen molar-refractivity contribution in [3.8, 4) is 0 Å². The van der Waals surface area contributed by atoms with E-state index >= 15 is 0 Å². The minimum atomic E-state index is -3.86. The van der Waals surface area contributed by atoms with Gasteiger partial charge in [-0.3, -0.25) is 4.79 Å². The summed E-state index contributed by atoms with van der Waals surface area (Å²) in [7, 11) is -3.86. The van der Waals surface area contributed by atoms with Crippen molar-refractivity contribution in [2.75, 3.05) is 18.0 Å². The summed E-state index contributed by atoms with van der Waals surface area (Å²) in [5.74, 6) is 0.114. The first-order chi connectivity index (χ1) is 14.3. The molecule has 7 nitrogen and oxygen atoms in total. The lowest BCUT2D eigenvalue weighted by Crippen LogP contribution is -2.42. The Morgan fingerprint density at radius 3 is 2.60 bits per heavy atom. The number of carbonyl (C=O) groups excluding carboxylic acids is 1. The van der Waals surface area contributed by atoms with Gasteiger partial charge in [0, 0.05) is 23.9 Å². The maximum absolute atomic E-state index is 12.7. The summed E-state index contributed by atoms with van der Waals surface area (Å²) in [6.45, 7) is 7.26. The summed E-state index contributed by atoms with van der Waals surface area (Å²) in [6.07, 6.45) is 2.73. The Balaban J connectivity index is 1.46. The van der Waals surface area contributed by atoms with Crippen LogP contribution >= 0.6 is 11.3 Å². The van der Waals surface area contributed by atoms with Crippen molar-refractivity contribution in [3.05, 3.63) is 46.6 Å². The molecule has 1 aliphatic heterocycles. The van der Waals surface area contributed by atoms with Crippen LogP contribution in [-0.2, 0) is 14.8 Å². The van der Waals surface area contributed by atoms with Crippen molar-refractivity contribution in [1.82, 2.24) is 14.7 Å². The number of fused-ring (bicyclic) bond motifs is 1. The molecule has 0 unspecified atom stereocenters. The third kappa shape index (κ3) is 3.91. The van der Waals surface area contributed by atoms with Crippen molar-refractivity contribution in [1.29, 1.82) is 0 Å². The van der Waals surface area contributed by atoms with Crippen LogP contribution in [-0.4, -0.2) is 37.4 Å². The van der Waals surface area contributed by atoms with Crippen molar-refractivity contribution in [2.45, 2.75) is 38.5 Å². The van der Waals surface area contributed by atoms with E-state index in [9.17, 15) is 13.2 Å². The molecule has 1 amide bonds. The van der Waals surface area contributed by atoms with Crippen LogP contribution in [0.1, 0.15) is 28.8 Å². The number of nitrogens with zero attached hydrogens (tertiary/aromatic N) is 3. The zero-order valence-corrected chi connectivity index (χ0v) is 18.8. The first kappa shape index (κ1) is 20.7. The Labute approximate surface area is 180 Å². The van der Waals surface area contributed by atoms with Gasteiger partial charge in [0.25, 0.3) is 10.0 Å². The van der Waals surface area contributed by atoms with E-state index < -0.39 is 15.9 Å². The quantitative estimate of drug-likeness (QED) is 0.664. The Bertz CT molecular complexity index is 1210. The molecule has 0 aliphatic carbocycles. The Kier molecular flexibility index (Phi) is 5.50. The largest absolute Gasteiger partial charge is 0.356 e. The molecule has 158 valence electrons. The Hall–Kier alpha value is -2.52. The van der Waals surface area contributed by atoms with Crippen LogP contribution in [0.5, 0.6) is 0 Å². The smallest absolute Gasteiger partial charge is 0.264 e. The fourth-order valence-corrected chi connectivity index (χ4v) is 5.95. The molecule has 30 heavy (non-hydrogen) atoms. The second kappa shape index (κ2) is 7.96. The van der Waals surface area contributed by atoms with Gasteiger partial charge in [-0.05, 0) is 56.9 Å². The average Bonchev–Trinajstić information content (AvgIpc) is 3.02. The number of hydrogen-bond donors (Lipinski definition) is 1. The van der Waals surface area contributed by atoms with E-state index in [1.165, 1.54) is 16.5 Å². The van der Waals surface area contributed by atoms with E-state index in [-0.39, 0.29) is 10.8 Å². The van der Waals surface area contributed by atoms with Gasteiger partial charge >= 0.3 is 0 Å². The van der Waals surface area contributed by atoms with Gasteiger partial charge < -0.3 is 4.90 Å². The molecule has 3 heterocycles. The van der Waals surface area contributed by atoms with E-state index in [1.807, 2.05) is 13.0 Å². The number of thiophene rings is 1. The highest BCUT2D eigenvalue weighted by Crippen LogP contribution is 2.35. The molecule has 2 aromatic heterocycles. The van der Waals surface area contributed by atoms with Crippen LogP contribution in [0.15, 0.2) is 35.5 Å². The highest BCUT2D eigenvalue weighted by atomic mass is 32.2. The molecule has 0 bridgehead atoms. The highest BCUT2D eigenvalue weighted by Gasteiger charge is 2.30. The summed E-state index contributed by atoms with van der Waals surface area (Å²) >= 11 is 1.66. The topological polar surface area (TPSA) is 92.3 Å². The SMILES string of the molecule is Cc1cccc(S(=O)(=O)NC(=O)C2CCN(c3ncnc4sc(C)c(C)c34)CC2)c1. The molecule has 1 N–H and O–H groups in total. The van der Waals surface area contributed by atoms with E-state index in [0.29, 0.717) is 25.9 Å². The van der Waals surface area contributed by atoms with E-state index in [1.54, 1.807) is 29.8 Å². The Morgan fingerprint density at radius 2 is 1.90 bits per heavy atom. The molecule has 0 atom stereocenters. The number of anilines is 1. The van der Waals surface area contributed by atoms with Crippen LogP contribution in [0.3, 0.4) is 0 Å². The van der Waals surface area contributed by atoms with Gasteiger partial charge in [-0.1, -0.05) is 12.1 Å². The van der Waals surface area contributed by atoms with E-state index in [2.05, 4.69) is 33.4 Å². The molecule has 0 saturated carbocycles. The lowest BCUT2D eigenvalue weighted by molar-refractivity contribution is -0.123. The van der Waals surface area contributed by atoms with Gasteiger partial charge in [0.2, 0.25) is 5.91 Å². The number of amides is 1. The molecular formula is C21H24N4O3S2. The predicted molar refractivity (Wildman–Crippen MR) is 118 cm³/mol. The average molecular weight is 445 g/mol. The highest BCUT2D eigenvalue weighted by molar-refractivity contribution is 7.90. The van der Waals surface area contributed by atoms with Crippen molar-refractivity contribution < 1.29 is 13.2 Å². The zero-order valence-electron chi connectivity index (χ0n) is 17.2.